The number of nitrogens with two attached hydrogens (primary N) is 1. The van der Waals surface area contributed by atoms with Crippen LogP contribution in [0.5, 0.6) is 5.75 Å². The molecule has 1 aromatic heterocycles. The topological polar surface area (TPSA) is 53.1 Å². The highest BCUT2D eigenvalue weighted by Gasteiger charge is 2.06. The average molecular weight is 266 g/mol. The smallest absolute Gasteiger partial charge is 0.145 e. The molecule has 2 rings (SSSR count). The standard InChI is InChI=1S/C13H16ClN3O/c1-3-17-10(7-13(15)16-17)8-18-11-4-5-12(14)9(2)6-11/h4-7H,3,8H2,1-2H3,(H2,15,16). The maximum absolute atomic E-state index is 5.96. The lowest BCUT2D eigenvalue weighted by atomic mass is 10.2. The van der Waals surface area contributed by atoms with E-state index in [2.05, 4.69) is 5.10 Å². The van der Waals surface area contributed by atoms with Gasteiger partial charge in [0.25, 0.3) is 0 Å². The molecule has 0 saturated heterocycles. The number of ether oxygens (including phenoxy) is 1. The molecule has 0 unspecified atom stereocenters. The minimum Gasteiger partial charge on any atom is -0.487 e. The normalized spacial score (nSPS) is 10.6. The zero-order valence-corrected chi connectivity index (χ0v) is 11.2. The van der Waals surface area contributed by atoms with Gasteiger partial charge in [0.05, 0.1) is 5.69 Å². The zero-order valence-electron chi connectivity index (χ0n) is 10.5. The number of hydrogen-bond acceptors (Lipinski definition) is 3. The molecule has 0 bridgehead atoms. The fraction of sp³-hybridized carbons (Fsp3) is 0.308. The van der Waals surface area contributed by atoms with Gasteiger partial charge >= 0.3 is 0 Å². The number of anilines is 1. The summed E-state index contributed by atoms with van der Waals surface area (Å²) in [6.07, 6.45) is 0. The summed E-state index contributed by atoms with van der Waals surface area (Å²) in [5.41, 5.74) is 7.62. The SMILES string of the molecule is CCn1nc(N)cc1COc1ccc(Cl)c(C)c1. The summed E-state index contributed by atoms with van der Waals surface area (Å²) in [7, 11) is 0. The first-order valence-electron chi connectivity index (χ1n) is 5.81. The van der Waals surface area contributed by atoms with Gasteiger partial charge < -0.3 is 10.5 Å². The third-order valence-electron chi connectivity index (χ3n) is 2.70. The van der Waals surface area contributed by atoms with Gasteiger partial charge in [0.15, 0.2) is 0 Å². The van der Waals surface area contributed by atoms with Crippen molar-refractivity contribution < 1.29 is 4.74 Å². The quantitative estimate of drug-likeness (QED) is 0.924. The highest BCUT2D eigenvalue weighted by atomic mass is 35.5. The Labute approximate surface area is 111 Å². The molecule has 0 aliphatic heterocycles. The van der Waals surface area contributed by atoms with Gasteiger partial charge in [-0.1, -0.05) is 11.6 Å². The second-order valence-electron chi connectivity index (χ2n) is 4.08. The molecule has 0 radical (unpaired) electrons. The van der Waals surface area contributed by atoms with E-state index in [4.69, 9.17) is 22.1 Å². The van der Waals surface area contributed by atoms with Crippen LogP contribution < -0.4 is 10.5 Å². The monoisotopic (exact) mass is 265 g/mol. The van der Waals surface area contributed by atoms with E-state index in [0.717, 1.165) is 28.6 Å². The van der Waals surface area contributed by atoms with E-state index < -0.39 is 0 Å². The van der Waals surface area contributed by atoms with Crippen LogP contribution in [0.2, 0.25) is 5.02 Å². The summed E-state index contributed by atoms with van der Waals surface area (Å²) >= 11 is 5.96. The molecule has 2 N–H and O–H groups in total. The van der Waals surface area contributed by atoms with E-state index in [1.165, 1.54) is 0 Å². The minimum atomic E-state index is 0.444. The Morgan fingerprint density at radius 3 is 2.83 bits per heavy atom. The molecule has 5 heteroatoms. The Morgan fingerprint density at radius 1 is 1.39 bits per heavy atom. The molecule has 1 heterocycles. The first-order valence-corrected chi connectivity index (χ1v) is 6.19. The van der Waals surface area contributed by atoms with Crippen LogP contribution in [0.25, 0.3) is 0 Å². The van der Waals surface area contributed by atoms with Crippen molar-refractivity contribution in [1.82, 2.24) is 9.78 Å². The third kappa shape index (κ3) is 2.76. The van der Waals surface area contributed by atoms with Crippen LogP contribution in [-0.4, -0.2) is 9.78 Å². The van der Waals surface area contributed by atoms with Gasteiger partial charge in [0, 0.05) is 17.6 Å². The van der Waals surface area contributed by atoms with Crippen LogP contribution >= 0.6 is 11.6 Å². The van der Waals surface area contributed by atoms with E-state index in [0.29, 0.717) is 12.4 Å². The minimum absolute atomic E-state index is 0.444. The average Bonchev–Trinajstić information content (AvgIpc) is 2.71. The fourth-order valence-electron chi connectivity index (χ4n) is 1.73. The highest BCUT2D eigenvalue weighted by molar-refractivity contribution is 6.31. The number of halogens is 1. The second-order valence-corrected chi connectivity index (χ2v) is 4.48. The van der Waals surface area contributed by atoms with Gasteiger partial charge in [-0.15, -0.1) is 0 Å². The maximum atomic E-state index is 5.96. The van der Waals surface area contributed by atoms with Gasteiger partial charge in [0.2, 0.25) is 0 Å². The van der Waals surface area contributed by atoms with E-state index in [-0.39, 0.29) is 0 Å². The first-order chi connectivity index (χ1) is 8.60. The van der Waals surface area contributed by atoms with Crippen molar-refractivity contribution in [3.8, 4) is 5.75 Å². The summed E-state index contributed by atoms with van der Waals surface area (Å²) in [4.78, 5) is 0. The van der Waals surface area contributed by atoms with Crippen LogP contribution in [0.4, 0.5) is 5.82 Å². The largest absolute Gasteiger partial charge is 0.487 e. The summed E-state index contributed by atoms with van der Waals surface area (Å²) in [6, 6.07) is 7.42. The molecule has 1 aromatic carbocycles. The van der Waals surface area contributed by atoms with Crippen molar-refractivity contribution in [1.29, 1.82) is 0 Å². The lowest BCUT2D eigenvalue weighted by Crippen LogP contribution is -2.06. The molecule has 2 aromatic rings. The first kappa shape index (κ1) is 12.8. The zero-order chi connectivity index (χ0) is 13.1. The van der Waals surface area contributed by atoms with Crippen LogP contribution in [0.15, 0.2) is 24.3 Å². The predicted octanol–water partition coefficient (Wildman–Crippen LogP) is 3.03. The Hall–Kier alpha value is -1.68. The number of hydrogen-bond donors (Lipinski definition) is 1. The van der Waals surface area contributed by atoms with Crippen molar-refractivity contribution in [2.45, 2.75) is 27.0 Å². The van der Waals surface area contributed by atoms with Crippen LogP contribution in [-0.2, 0) is 13.2 Å². The van der Waals surface area contributed by atoms with Crippen molar-refractivity contribution in [3.05, 3.63) is 40.5 Å². The molecule has 0 atom stereocenters. The molecule has 0 fully saturated rings. The molecule has 0 aliphatic rings. The molecule has 0 saturated carbocycles. The Balaban J connectivity index is 2.08. The summed E-state index contributed by atoms with van der Waals surface area (Å²) < 4.78 is 7.54. The van der Waals surface area contributed by atoms with E-state index >= 15 is 0 Å². The highest BCUT2D eigenvalue weighted by Crippen LogP contribution is 2.22. The van der Waals surface area contributed by atoms with Gasteiger partial charge in [-0.05, 0) is 37.6 Å². The number of rotatable bonds is 4. The van der Waals surface area contributed by atoms with Gasteiger partial charge in [-0.2, -0.15) is 5.10 Å². The van der Waals surface area contributed by atoms with Crippen LogP contribution in [0.1, 0.15) is 18.2 Å². The van der Waals surface area contributed by atoms with Crippen LogP contribution in [0.3, 0.4) is 0 Å². The molecular formula is C13H16ClN3O. The number of nitrogens with zero attached hydrogens (tertiary/aromatic N) is 2. The summed E-state index contributed by atoms with van der Waals surface area (Å²) in [5, 5.41) is 4.91. The second kappa shape index (κ2) is 5.31. The third-order valence-corrected chi connectivity index (χ3v) is 3.12. The fourth-order valence-corrected chi connectivity index (χ4v) is 1.85. The molecular weight excluding hydrogens is 250 g/mol. The van der Waals surface area contributed by atoms with Gasteiger partial charge in [-0.3, -0.25) is 4.68 Å². The molecule has 4 nitrogen and oxygen atoms in total. The van der Waals surface area contributed by atoms with Crippen molar-refractivity contribution >= 4 is 17.4 Å². The number of benzene rings is 1. The lowest BCUT2D eigenvalue weighted by Gasteiger charge is -2.08. The van der Waals surface area contributed by atoms with Gasteiger partial charge in [0.1, 0.15) is 18.2 Å². The maximum Gasteiger partial charge on any atom is 0.145 e. The Kier molecular flexibility index (Phi) is 3.77. The summed E-state index contributed by atoms with van der Waals surface area (Å²) in [5.74, 6) is 1.31. The van der Waals surface area contributed by atoms with E-state index in [1.807, 2.05) is 42.8 Å². The number of nitrogen functional groups attached to an aromatic ring is 1. The predicted molar refractivity (Wildman–Crippen MR) is 72.8 cm³/mol. The molecule has 0 spiro atoms. The number of aromatic nitrogens is 2. The van der Waals surface area contributed by atoms with Crippen molar-refractivity contribution in [2.24, 2.45) is 0 Å². The Bertz CT molecular complexity index is 551. The summed E-state index contributed by atoms with van der Waals surface area (Å²) in [6.45, 7) is 5.18. The molecule has 18 heavy (non-hydrogen) atoms. The van der Waals surface area contributed by atoms with Gasteiger partial charge in [-0.25, -0.2) is 0 Å². The lowest BCUT2D eigenvalue weighted by molar-refractivity contribution is 0.292. The molecule has 96 valence electrons. The molecule has 0 aliphatic carbocycles. The van der Waals surface area contributed by atoms with E-state index in [1.54, 1.807) is 0 Å². The number of aryl methyl sites for hydroxylation is 2. The Morgan fingerprint density at radius 2 is 2.17 bits per heavy atom. The van der Waals surface area contributed by atoms with Crippen molar-refractivity contribution in [2.75, 3.05) is 5.73 Å². The van der Waals surface area contributed by atoms with Crippen molar-refractivity contribution in [3.63, 3.8) is 0 Å². The van der Waals surface area contributed by atoms with E-state index in [9.17, 15) is 0 Å². The van der Waals surface area contributed by atoms with Crippen LogP contribution in [0, 0.1) is 6.92 Å². The molecule has 0 amide bonds.